The van der Waals surface area contributed by atoms with Crippen molar-refractivity contribution in [1.29, 1.82) is 0 Å². The molecular weight excluding hydrogens is 241 g/mol. The third kappa shape index (κ3) is 2.40. The van der Waals surface area contributed by atoms with E-state index in [-0.39, 0.29) is 11.9 Å². The van der Waals surface area contributed by atoms with Crippen molar-refractivity contribution in [3.05, 3.63) is 28.0 Å². The van der Waals surface area contributed by atoms with Crippen LogP contribution in [0.4, 0.5) is 4.39 Å². The van der Waals surface area contributed by atoms with E-state index in [9.17, 15) is 4.39 Å². The first-order valence-corrected chi connectivity index (χ1v) is 6.28. The maximum Gasteiger partial charge on any atom is 0.142 e. The number of nitrogens with one attached hydrogen (secondary N) is 1. The highest BCUT2D eigenvalue weighted by atomic mass is 35.5. The van der Waals surface area contributed by atoms with Crippen molar-refractivity contribution >= 4 is 11.6 Å². The van der Waals surface area contributed by atoms with Crippen LogP contribution in [0.2, 0.25) is 5.02 Å². The Morgan fingerprint density at radius 3 is 2.82 bits per heavy atom. The van der Waals surface area contributed by atoms with Gasteiger partial charge in [0.25, 0.3) is 0 Å². The fourth-order valence-corrected chi connectivity index (χ4v) is 2.71. The summed E-state index contributed by atoms with van der Waals surface area (Å²) in [7, 11) is 1.57. The van der Waals surface area contributed by atoms with Crippen molar-refractivity contribution in [3.8, 4) is 5.75 Å². The van der Waals surface area contributed by atoms with Crippen LogP contribution >= 0.6 is 11.6 Å². The van der Waals surface area contributed by atoms with E-state index in [4.69, 9.17) is 16.3 Å². The molecule has 0 spiro atoms. The van der Waals surface area contributed by atoms with Gasteiger partial charge in [0.1, 0.15) is 11.6 Å². The van der Waals surface area contributed by atoms with E-state index in [0.717, 1.165) is 24.9 Å². The van der Waals surface area contributed by atoms with Crippen LogP contribution in [0.15, 0.2) is 6.07 Å². The van der Waals surface area contributed by atoms with Crippen molar-refractivity contribution in [2.75, 3.05) is 13.7 Å². The first kappa shape index (κ1) is 12.7. The molecule has 0 amide bonds. The summed E-state index contributed by atoms with van der Waals surface area (Å²) in [5.74, 6) is 0.336. The third-order valence-electron chi connectivity index (χ3n) is 3.34. The molecule has 0 aliphatic carbocycles. The summed E-state index contributed by atoms with van der Waals surface area (Å²) in [6.07, 6.45) is 3.31. The molecule has 1 aromatic rings. The lowest BCUT2D eigenvalue weighted by Crippen LogP contribution is -2.28. The van der Waals surface area contributed by atoms with E-state index in [1.807, 2.05) is 0 Å². The predicted octanol–water partition coefficient (Wildman–Crippen LogP) is 3.61. The summed E-state index contributed by atoms with van der Waals surface area (Å²) in [6, 6.07) is 1.47. The van der Waals surface area contributed by atoms with Gasteiger partial charge in [-0.2, -0.15) is 0 Å². The molecule has 94 valence electrons. The molecule has 0 radical (unpaired) electrons. The minimum absolute atomic E-state index is 0.145. The number of hydrogen-bond acceptors (Lipinski definition) is 2. The van der Waals surface area contributed by atoms with Crippen molar-refractivity contribution in [2.24, 2.45) is 0 Å². The number of rotatable bonds is 2. The maximum atomic E-state index is 13.7. The lowest BCUT2D eigenvalue weighted by Gasteiger charge is -2.27. The van der Waals surface area contributed by atoms with Gasteiger partial charge in [-0.05, 0) is 37.9 Å². The Balaban J connectivity index is 2.48. The molecule has 1 aliphatic rings. The largest absolute Gasteiger partial charge is 0.495 e. The number of piperidine rings is 1. The molecule has 2 nitrogen and oxygen atoms in total. The van der Waals surface area contributed by atoms with Crippen LogP contribution in [0, 0.1) is 12.7 Å². The zero-order valence-electron chi connectivity index (χ0n) is 10.1. The molecule has 4 heteroatoms. The SMILES string of the molecule is COc1c(Cl)cc(F)c(C)c1C1CCCCN1. The van der Waals surface area contributed by atoms with E-state index in [2.05, 4.69) is 5.32 Å². The Bertz CT molecular complexity index is 416. The van der Waals surface area contributed by atoms with Crippen LogP contribution < -0.4 is 10.1 Å². The molecule has 0 bridgehead atoms. The molecular formula is C13H17ClFNO. The zero-order chi connectivity index (χ0) is 12.4. The molecule has 0 saturated carbocycles. The molecule has 1 atom stereocenters. The third-order valence-corrected chi connectivity index (χ3v) is 3.62. The van der Waals surface area contributed by atoms with E-state index in [1.54, 1.807) is 14.0 Å². The molecule has 1 aliphatic heterocycles. The quantitative estimate of drug-likeness (QED) is 0.874. The highest BCUT2D eigenvalue weighted by Crippen LogP contribution is 2.39. The van der Waals surface area contributed by atoms with E-state index >= 15 is 0 Å². The minimum Gasteiger partial charge on any atom is -0.495 e. The summed E-state index contributed by atoms with van der Waals surface area (Å²) in [6.45, 7) is 2.74. The summed E-state index contributed by atoms with van der Waals surface area (Å²) in [5.41, 5.74) is 1.50. The van der Waals surface area contributed by atoms with Gasteiger partial charge in [-0.15, -0.1) is 0 Å². The van der Waals surface area contributed by atoms with E-state index < -0.39 is 0 Å². The van der Waals surface area contributed by atoms with Crippen LogP contribution in [0.5, 0.6) is 5.75 Å². The molecule has 1 N–H and O–H groups in total. The minimum atomic E-state index is -0.266. The molecule has 1 fully saturated rings. The maximum absolute atomic E-state index is 13.7. The van der Waals surface area contributed by atoms with Crippen LogP contribution in [-0.2, 0) is 0 Å². The average Bonchev–Trinajstić information content (AvgIpc) is 2.34. The van der Waals surface area contributed by atoms with Crippen molar-refractivity contribution in [2.45, 2.75) is 32.2 Å². The number of halogens is 2. The number of ether oxygens (including phenoxy) is 1. The summed E-state index contributed by atoms with van der Waals surface area (Å²) >= 11 is 6.03. The summed E-state index contributed by atoms with van der Waals surface area (Å²) in [5, 5.41) is 3.75. The Hall–Kier alpha value is -0.800. The van der Waals surface area contributed by atoms with Crippen LogP contribution in [-0.4, -0.2) is 13.7 Å². The van der Waals surface area contributed by atoms with Gasteiger partial charge in [0.15, 0.2) is 0 Å². The topological polar surface area (TPSA) is 21.3 Å². The molecule has 0 aromatic heterocycles. The average molecular weight is 258 g/mol. The van der Waals surface area contributed by atoms with Crippen LogP contribution in [0.3, 0.4) is 0 Å². The molecule has 1 aromatic carbocycles. The lowest BCUT2D eigenvalue weighted by molar-refractivity contribution is 0.370. The predicted molar refractivity (Wildman–Crippen MR) is 67.3 cm³/mol. The van der Waals surface area contributed by atoms with Crippen molar-refractivity contribution in [3.63, 3.8) is 0 Å². The lowest BCUT2D eigenvalue weighted by atomic mass is 9.93. The second kappa shape index (κ2) is 5.23. The number of hydrogen-bond donors (Lipinski definition) is 1. The fraction of sp³-hybridized carbons (Fsp3) is 0.538. The highest BCUT2D eigenvalue weighted by Gasteiger charge is 2.24. The van der Waals surface area contributed by atoms with Gasteiger partial charge < -0.3 is 10.1 Å². The Labute approximate surface area is 106 Å². The van der Waals surface area contributed by atoms with Gasteiger partial charge in [-0.1, -0.05) is 18.0 Å². The second-order valence-electron chi connectivity index (χ2n) is 4.41. The van der Waals surface area contributed by atoms with Gasteiger partial charge in [0.05, 0.1) is 12.1 Å². The zero-order valence-corrected chi connectivity index (χ0v) is 10.9. The van der Waals surface area contributed by atoms with Crippen LogP contribution in [0.1, 0.15) is 36.4 Å². The molecule has 1 unspecified atom stereocenters. The summed E-state index contributed by atoms with van der Waals surface area (Å²) < 4.78 is 19.1. The highest BCUT2D eigenvalue weighted by molar-refractivity contribution is 6.32. The standard InChI is InChI=1S/C13H17ClFNO/c1-8-10(15)7-9(14)13(17-2)12(8)11-5-3-4-6-16-11/h7,11,16H,3-6H2,1-2H3. The van der Waals surface area contributed by atoms with Gasteiger partial charge in [0, 0.05) is 11.6 Å². The van der Waals surface area contributed by atoms with Crippen molar-refractivity contribution in [1.82, 2.24) is 5.32 Å². The Morgan fingerprint density at radius 2 is 2.24 bits per heavy atom. The number of methoxy groups -OCH3 is 1. The Kier molecular flexibility index (Phi) is 3.89. The van der Waals surface area contributed by atoms with Gasteiger partial charge >= 0.3 is 0 Å². The summed E-state index contributed by atoms with van der Waals surface area (Å²) in [4.78, 5) is 0. The monoisotopic (exact) mass is 257 g/mol. The van der Waals surface area contributed by atoms with E-state index in [0.29, 0.717) is 16.3 Å². The van der Waals surface area contributed by atoms with Crippen LogP contribution in [0.25, 0.3) is 0 Å². The van der Waals surface area contributed by atoms with Gasteiger partial charge in [0.2, 0.25) is 0 Å². The fourth-order valence-electron chi connectivity index (χ4n) is 2.44. The second-order valence-corrected chi connectivity index (χ2v) is 4.82. The van der Waals surface area contributed by atoms with E-state index in [1.165, 1.54) is 12.5 Å². The van der Waals surface area contributed by atoms with Gasteiger partial charge in [-0.25, -0.2) is 4.39 Å². The molecule has 1 saturated heterocycles. The van der Waals surface area contributed by atoms with Crippen molar-refractivity contribution < 1.29 is 9.13 Å². The number of benzene rings is 1. The molecule has 17 heavy (non-hydrogen) atoms. The molecule has 2 rings (SSSR count). The van der Waals surface area contributed by atoms with Gasteiger partial charge in [-0.3, -0.25) is 0 Å². The normalized spacial score (nSPS) is 20.4. The Morgan fingerprint density at radius 1 is 1.47 bits per heavy atom. The molecule has 1 heterocycles. The smallest absolute Gasteiger partial charge is 0.142 e. The first-order chi connectivity index (χ1) is 8.15. The first-order valence-electron chi connectivity index (χ1n) is 5.91.